The van der Waals surface area contributed by atoms with Gasteiger partial charge < -0.3 is 20.2 Å². The van der Waals surface area contributed by atoms with Crippen molar-refractivity contribution in [1.82, 2.24) is 5.32 Å². The first-order valence-electron chi connectivity index (χ1n) is 8.69. The third kappa shape index (κ3) is 4.95. The van der Waals surface area contributed by atoms with Gasteiger partial charge in [0.05, 0.1) is 0 Å². The van der Waals surface area contributed by atoms with Gasteiger partial charge in [0.1, 0.15) is 5.76 Å². The molecule has 0 atom stereocenters. The largest absolute Gasteiger partial charge is 0.475 e. The van der Waals surface area contributed by atoms with Crippen molar-refractivity contribution in [3.05, 3.63) is 40.6 Å². The second-order valence-corrected chi connectivity index (χ2v) is 7.70. The number of carboxylic acid groups (broad SMARTS) is 1. The van der Waals surface area contributed by atoms with Crippen molar-refractivity contribution >= 4 is 50.8 Å². The van der Waals surface area contributed by atoms with E-state index >= 15 is 0 Å². The number of hydrogen-bond donors (Lipinski definition) is 3. The van der Waals surface area contributed by atoms with Crippen molar-refractivity contribution in [3.63, 3.8) is 0 Å². The first kappa shape index (κ1) is 19.6. The number of aromatic carboxylic acids is 1. The van der Waals surface area contributed by atoms with Crippen LogP contribution in [0.3, 0.4) is 0 Å². The van der Waals surface area contributed by atoms with Gasteiger partial charge in [-0.2, -0.15) is 0 Å². The number of nitrogens with one attached hydrogen (secondary N) is 2. The summed E-state index contributed by atoms with van der Waals surface area (Å²) in [7, 11) is 0. The van der Waals surface area contributed by atoms with E-state index in [1.54, 1.807) is 24.3 Å². The number of benzene rings is 1. The van der Waals surface area contributed by atoms with Crippen molar-refractivity contribution in [1.29, 1.82) is 0 Å². The lowest BCUT2D eigenvalue weighted by molar-refractivity contribution is -0.124. The molecule has 0 bridgehead atoms. The molecule has 1 aromatic heterocycles. The maximum Gasteiger partial charge on any atom is 0.371 e. The Labute approximate surface area is 170 Å². The Morgan fingerprint density at radius 3 is 2.52 bits per heavy atom. The Morgan fingerprint density at radius 2 is 1.89 bits per heavy atom. The van der Waals surface area contributed by atoms with Crippen molar-refractivity contribution in [2.24, 2.45) is 5.92 Å². The van der Waals surface area contributed by atoms with Gasteiger partial charge in [-0.1, -0.05) is 19.3 Å². The number of halogens is 1. The SMILES string of the molecule is O=C(O)c1ccc(-c2ccc(NC(=S)NC(=O)C3CCCCC3)cc2Br)o1. The highest BCUT2D eigenvalue weighted by Crippen LogP contribution is 2.32. The van der Waals surface area contributed by atoms with Crippen LogP contribution in [0, 0.1) is 5.92 Å². The van der Waals surface area contributed by atoms with Gasteiger partial charge in [0.15, 0.2) is 5.11 Å². The number of anilines is 1. The predicted octanol–water partition coefficient (Wildman–Crippen LogP) is 4.80. The first-order valence-corrected chi connectivity index (χ1v) is 9.89. The van der Waals surface area contributed by atoms with Crippen LogP contribution in [0.5, 0.6) is 0 Å². The predicted molar refractivity (Wildman–Crippen MR) is 110 cm³/mol. The Kier molecular flexibility index (Phi) is 6.28. The van der Waals surface area contributed by atoms with Crippen LogP contribution in [-0.4, -0.2) is 22.1 Å². The minimum atomic E-state index is -1.12. The highest BCUT2D eigenvalue weighted by molar-refractivity contribution is 9.10. The van der Waals surface area contributed by atoms with E-state index in [0.29, 0.717) is 21.5 Å². The fourth-order valence-corrected chi connectivity index (χ4v) is 3.92. The minimum absolute atomic E-state index is 0.0281. The van der Waals surface area contributed by atoms with Crippen molar-refractivity contribution in [2.75, 3.05) is 5.32 Å². The minimum Gasteiger partial charge on any atom is -0.475 e. The van der Waals surface area contributed by atoms with Gasteiger partial charge in [-0.15, -0.1) is 0 Å². The summed E-state index contributed by atoms with van der Waals surface area (Å²) in [6.07, 6.45) is 5.19. The number of hydrogen-bond acceptors (Lipinski definition) is 4. The quantitative estimate of drug-likeness (QED) is 0.579. The third-order valence-corrected chi connectivity index (χ3v) is 5.38. The van der Waals surface area contributed by atoms with Crippen LogP contribution in [0.2, 0.25) is 0 Å². The molecule has 27 heavy (non-hydrogen) atoms. The molecule has 2 aromatic rings. The molecule has 1 fully saturated rings. The number of amides is 1. The van der Waals surface area contributed by atoms with Crippen LogP contribution in [0.15, 0.2) is 39.2 Å². The third-order valence-electron chi connectivity index (χ3n) is 4.52. The number of carbonyl (C=O) groups is 2. The number of carboxylic acids is 1. The molecule has 1 aromatic carbocycles. The summed E-state index contributed by atoms with van der Waals surface area (Å²) in [4.78, 5) is 23.2. The van der Waals surface area contributed by atoms with Crippen LogP contribution in [-0.2, 0) is 4.79 Å². The average molecular weight is 451 g/mol. The molecule has 0 spiro atoms. The van der Waals surface area contributed by atoms with Crippen LogP contribution in [0.4, 0.5) is 5.69 Å². The summed E-state index contributed by atoms with van der Waals surface area (Å²) in [5, 5.41) is 15.0. The second kappa shape index (κ2) is 8.67. The molecular weight excluding hydrogens is 432 g/mol. The zero-order chi connectivity index (χ0) is 19.4. The van der Waals surface area contributed by atoms with E-state index in [-0.39, 0.29) is 22.7 Å². The van der Waals surface area contributed by atoms with Crippen LogP contribution < -0.4 is 10.6 Å². The molecule has 0 radical (unpaired) electrons. The second-order valence-electron chi connectivity index (χ2n) is 6.44. The molecule has 0 unspecified atom stereocenters. The Bertz CT molecular complexity index is 874. The zero-order valence-electron chi connectivity index (χ0n) is 14.5. The van der Waals surface area contributed by atoms with Gasteiger partial charge in [-0.25, -0.2) is 4.79 Å². The van der Waals surface area contributed by atoms with E-state index in [9.17, 15) is 9.59 Å². The molecular formula is C19H19BrN2O4S. The highest BCUT2D eigenvalue weighted by Gasteiger charge is 2.21. The lowest BCUT2D eigenvalue weighted by Gasteiger charge is -2.21. The fourth-order valence-electron chi connectivity index (χ4n) is 3.13. The van der Waals surface area contributed by atoms with E-state index in [4.69, 9.17) is 21.7 Å². The molecule has 1 aliphatic carbocycles. The highest BCUT2D eigenvalue weighted by atomic mass is 79.9. The molecule has 1 aliphatic rings. The normalized spacial score (nSPS) is 14.6. The van der Waals surface area contributed by atoms with Crippen LogP contribution >= 0.6 is 28.1 Å². The standard InChI is InChI=1S/C19H19BrN2O4S/c20-14-10-12(6-7-13(14)15-8-9-16(26-15)18(24)25)21-19(27)22-17(23)11-4-2-1-3-5-11/h6-11H,1-5H2,(H,24,25)(H2,21,22,23,27). The number of thiocarbonyl (C=S) groups is 1. The van der Waals surface area contributed by atoms with Crippen molar-refractivity contribution in [3.8, 4) is 11.3 Å². The van der Waals surface area contributed by atoms with Gasteiger partial charge in [0, 0.05) is 21.6 Å². The van der Waals surface area contributed by atoms with Gasteiger partial charge in [0.2, 0.25) is 11.7 Å². The smallest absolute Gasteiger partial charge is 0.371 e. The molecule has 0 aliphatic heterocycles. The summed E-state index contributed by atoms with van der Waals surface area (Å²) in [5.74, 6) is -0.783. The summed E-state index contributed by atoms with van der Waals surface area (Å²) in [6, 6.07) is 8.36. The Hall–Kier alpha value is -2.19. The van der Waals surface area contributed by atoms with Gasteiger partial charge in [0.25, 0.3) is 0 Å². The monoisotopic (exact) mass is 450 g/mol. The molecule has 6 nitrogen and oxygen atoms in total. The Morgan fingerprint density at radius 1 is 1.15 bits per heavy atom. The number of rotatable bonds is 4. The van der Waals surface area contributed by atoms with Crippen LogP contribution in [0.1, 0.15) is 42.7 Å². The molecule has 3 rings (SSSR count). The Balaban J connectivity index is 1.63. The molecule has 3 N–H and O–H groups in total. The van der Waals surface area contributed by atoms with E-state index < -0.39 is 5.97 Å². The molecule has 1 amide bonds. The summed E-state index contributed by atoms with van der Waals surface area (Å²) in [6.45, 7) is 0. The van der Waals surface area contributed by atoms with E-state index in [2.05, 4.69) is 26.6 Å². The lowest BCUT2D eigenvalue weighted by Crippen LogP contribution is -2.38. The van der Waals surface area contributed by atoms with E-state index in [0.717, 1.165) is 25.7 Å². The molecule has 1 saturated carbocycles. The topological polar surface area (TPSA) is 91.6 Å². The molecule has 142 valence electrons. The lowest BCUT2D eigenvalue weighted by atomic mass is 9.89. The van der Waals surface area contributed by atoms with E-state index in [1.807, 2.05) is 0 Å². The maximum absolute atomic E-state index is 12.3. The number of furan rings is 1. The molecule has 8 heteroatoms. The first-order chi connectivity index (χ1) is 12.9. The summed E-state index contributed by atoms with van der Waals surface area (Å²) in [5.41, 5.74) is 1.41. The van der Waals surface area contributed by atoms with Gasteiger partial charge in [-0.05, 0) is 71.3 Å². The maximum atomic E-state index is 12.3. The fraction of sp³-hybridized carbons (Fsp3) is 0.316. The average Bonchev–Trinajstić information content (AvgIpc) is 3.12. The summed E-state index contributed by atoms with van der Waals surface area (Å²) < 4.78 is 6.03. The molecule has 0 saturated heterocycles. The van der Waals surface area contributed by atoms with E-state index in [1.165, 1.54) is 12.5 Å². The zero-order valence-corrected chi connectivity index (χ0v) is 16.9. The van der Waals surface area contributed by atoms with Crippen LogP contribution in [0.25, 0.3) is 11.3 Å². The molecule has 1 heterocycles. The van der Waals surface area contributed by atoms with Crippen molar-refractivity contribution in [2.45, 2.75) is 32.1 Å². The summed E-state index contributed by atoms with van der Waals surface area (Å²) >= 11 is 8.70. The number of carbonyl (C=O) groups excluding carboxylic acids is 1. The van der Waals surface area contributed by atoms with Gasteiger partial charge >= 0.3 is 5.97 Å². The van der Waals surface area contributed by atoms with Crippen molar-refractivity contribution < 1.29 is 19.1 Å². The van der Waals surface area contributed by atoms with Gasteiger partial charge in [-0.3, -0.25) is 4.79 Å².